The van der Waals surface area contributed by atoms with Crippen molar-refractivity contribution in [2.75, 3.05) is 13.1 Å². The van der Waals surface area contributed by atoms with Crippen LogP contribution in [-0.4, -0.2) is 51.8 Å². The van der Waals surface area contributed by atoms with Crippen LogP contribution in [0.5, 0.6) is 0 Å². The number of morpholine rings is 1. The van der Waals surface area contributed by atoms with Crippen molar-refractivity contribution in [3.63, 3.8) is 0 Å². The van der Waals surface area contributed by atoms with Crippen LogP contribution in [0.15, 0.2) is 0 Å². The second-order valence-corrected chi connectivity index (χ2v) is 6.79. The lowest BCUT2D eigenvalue weighted by molar-refractivity contribution is -0.170. The summed E-state index contributed by atoms with van der Waals surface area (Å²) in [6, 6.07) is -0.315. The largest absolute Gasteiger partial charge is 0.480 e. The summed E-state index contributed by atoms with van der Waals surface area (Å²) in [5.74, 6) is -0.951. The van der Waals surface area contributed by atoms with E-state index in [2.05, 4.69) is 5.32 Å². The third-order valence-corrected chi connectivity index (χ3v) is 3.49. The van der Waals surface area contributed by atoms with Gasteiger partial charge in [0, 0.05) is 0 Å². The highest BCUT2D eigenvalue weighted by Gasteiger charge is 2.53. The Kier molecular flexibility index (Phi) is 3.04. The highest BCUT2D eigenvalue weighted by molar-refractivity contribution is 5.89. The zero-order valence-electron chi connectivity index (χ0n) is 11.9. The molecule has 0 radical (unpaired) electrons. The maximum Gasteiger partial charge on any atom is 0.329 e. The molecule has 2 fully saturated rings. The van der Waals surface area contributed by atoms with E-state index < -0.39 is 22.7 Å². The summed E-state index contributed by atoms with van der Waals surface area (Å²) in [5, 5.41) is 11.7. The summed E-state index contributed by atoms with van der Waals surface area (Å²) in [6.07, 6.45) is 1.01. The molecule has 1 saturated heterocycles. The second-order valence-electron chi connectivity index (χ2n) is 6.79. The van der Waals surface area contributed by atoms with E-state index in [0.29, 0.717) is 25.9 Å². The van der Waals surface area contributed by atoms with Gasteiger partial charge in [0.15, 0.2) is 0 Å². The molecule has 0 aromatic carbocycles. The zero-order chi connectivity index (χ0) is 14.5. The Labute approximate surface area is 113 Å². The molecule has 108 valence electrons. The van der Waals surface area contributed by atoms with Gasteiger partial charge in [-0.15, -0.1) is 0 Å². The lowest BCUT2D eigenvalue weighted by atomic mass is 9.99. The number of carbonyl (C=O) groups excluding carboxylic acids is 1. The highest BCUT2D eigenvalue weighted by Crippen LogP contribution is 2.36. The van der Waals surface area contributed by atoms with E-state index in [9.17, 15) is 9.59 Å². The van der Waals surface area contributed by atoms with Crippen LogP contribution in [0.3, 0.4) is 0 Å². The number of carboxylic acids is 1. The fourth-order valence-electron chi connectivity index (χ4n) is 2.73. The third kappa shape index (κ3) is 3.00. The number of carboxylic acid groups (broad SMARTS) is 1. The Morgan fingerprint density at radius 1 is 1.11 bits per heavy atom. The predicted octanol–water partition coefficient (Wildman–Crippen LogP) is 1.20. The number of nitrogens with zero attached hydrogens (tertiary/aromatic N) is 1. The quantitative estimate of drug-likeness (QED) is 0.790. The number of amides is 2. The molecule has 0 bridgehead atoms. The Morgan fingerprint density at radius 3 is 1.95 bits per heavy atom. The summed E-state index contributed by atoms with van der Waals surface area (Å²) < 4.78 is 5.90. The molecule has 2 aliphatic rings. The highest BCUT2D eigenvalue weighted by atomic mass is 16.5. The molecule has 0 aromatic heterocycles. The summed E-state index contributed by atoms with van der Waals surface area (Å²) >= 11 is 0. The summed E-state index contributed by atoms with van der Waals surface area (Å²) in [5.41, 5.74) is -1.90. The fraction of sp³-hybridized carbons (Fsp3) is 0.846. The summed E-state index contributed by atoms with van der Waals surface area (Å²) in [4.78, 5) is 25.0. The van der Waals surface area contributed by atoms with Gasteiger partial charge in [-0.2, -0.15) is 0 Å². The Balaban J connectivity index is 2.05. The summed E-state index contributed by atoms with van der Waals surface area (Å²) in [7, 11) is 0. The molecule has 2 amide bonds. The van der Waals surface area contributed by atoms with Crippen LogP contribution in [0.4, 0.5) is 4.79 Å². The third-order valence-electron chi connectivity index (χ3n) is 3.49. The molecule has 2 N–H and O–H groups in total. The average molecular weight is 270 g/mol. The molecule has 0 unspecified atom stereocenters. The standard InChI is InChI=1S/C13H22N2O4/c1-11(2)7-15(8-12(3,4)19-11)10(18)14-13(5-6-13)9(16)17/h5-8H2,1-4H3,(H,14,18)(H,16,17). The molecular formula is C13H22N2O4. The van der Waals surface area contributed by atoms with Gasteiger partial charge < -0.3 is 20.1 Å². The molecule has 0 aromatic rings. The van der Waals surface area contributed by atoms with Crippen LogP contribution in [0.25, 0.3) is 0 Å². The Morgan fingerprint density at radius 2 is 1.58 bits per heavy atom. The average Bonchev–Trinajstić information content (AvgIpc) is 2.93. The first-order chi connectivity index (χ1) is 8.55. The van der Waals surface area contributed by atoms with Gasteiger partial charge in [-0.25, -0.2) is 9.59 Å². The number of rotatable bonds is 2. The van der Waals surface area contributed by atoms with E-state index in [-0.39, 0.29) is 6.03 Å². The number of ether oxygens (including phenoxy) is 1. The van der Waals surface area contributed by atoms with E-state index >= 15 is 0 Å². The van der Waals surface area contributed by atoms with E-state index in [1.54, 1.807) is 4.90 Å². The van der Waals surface area contributed by atoms with Crippen LogP contribution in [-0.2, 0) is 9.53 Å². The van der Waals surface area contributed by atoms with Crippen molar-refractivity contribution in [1.29, 1.82) is 0 Å². The monoisotopic (exact) mass is 270 g/mol. The van der Waals surface area contributed by atoms with Gasteiger partial charge in [0.1, 0.15) is 5.54 Å². The molecule has 2 rings (SSSR count). The van der Waals surface area contributed by atoms with Crippen LogP contribution in [0, 0.1) is 0 Å². The minimum atomic E-state index is -1.04. The van der Waals surface area contributed by atoms with Crippen molar-refractivity contribution >= 4 is 12.0 Å². The lowest BCUT2D eigenvalue weighted by Crippen LogP contribution is -2.62. The normalized spacial score (nSPS) is 26.6. The molecule has 0 spiro atoms. The van der Waals surface area contributed by atoms with Crippen molar-refractivity contribution < 1.29 is 19.4 Å². The van der Waals surface area contributed by atoms with Crippen molar-refractivity contribution in [3.8, 4) is 0 Å². The number of nitrogens with one attached hydrogen (secondary N) is 1. The van der Waals surface area contributed by atoms with Crippen LogP contribution in [0.2, 0.25) is 0 Å². The molecule has 6 heteroatoms. The van der Waals surface area contributed by atoms with Gasteiger partial charge in [-0.05, 0) is 40.5 Å². The van der Waals surface area contributed by atoms with Crippen molar-refractivity contribution in [3.05, 3.63) is 0 Å². The predicted molar refractivity (Wildman–Crippen MR) is 68.9 cm³/mol. The minimum absolute atomic E-state index is 0.315. The van der Waals surface area contributed by atoms with Crippen molar-refractivity contribution in [1.82, 2.24) is 10.2 Å². The maximum atomic E-state index is 12.2. The Bertz CT molecular complexity index is 397. The molecular weight excluding hydrogens is 248 g/mol. The van der Waals surface area contributed by atoms with E-state index in [1.165, 1.54) is 0 Å². The summed E-state index contributed by atoms with van der Waals surface area (Å²) in [6.45, 7) is 8.63. The van der Waals surface area contributed by atoms with Gasteiger partial charge in [-0.3, -0.25) is 0 Å². The SMILES string of the molecule is CC1(C)CN(C(=O)NC2(C(=O)O)CC2)CC(C)(C)O1. The first-order valence-electron chi connectivity index (χ1n) is 6.56. The Hall–Kier alpha value is -1.30. The van der Waals surface area contributed by atoms with Gasteiger partial charge in [0.2, 0.25) is 0 Å². The molecule has 6 nitrogen and oxygen atoms in total. The number of hydrogen-bond acceptors (Lipinski definition) is 3. The van der Waals surface area contributed by atoms with Crippen LogP contribution >= 0.6 is 0 Å². The van der Waals surface area contributed by atoms with Gasteiger partial charge >= 0.3 is 12.0 Å². The lowest BCUT2D eigenvalue weighted by Gasteiger charge is -2.47. The molecule has 1 saturated carbocycles. The number of hydrogen-bond donors (Lipinski definition) is 2. The number of aliphatic carboxylic acids is 1. The smallest absolute Gasteiger partial charge is 0.329 e. The van der Waals surface area contributed by atoms with Crippen molar-refractivity contribution in [2.24, 2.45) is 0 Å². The van der Waals surface area contributed by atoms with Gasteiger partial charge in [0.05, 0.1) is 24.3 Å². The molecule has 1 aliphatic carbocycles. The van der Waals surface area contributed by atoms with E-state index in [4.69, 9.17) is 9.84 Å². The van der Waals surface area contributed by atoms with E-state index in [1.807, 2.05) is 27.7 Å². The molecule has 1 heterocycles. The molecule has 19 heavy (non-hydrogen) atoms. The fourth-order valence-corrected chi connectivity index (χ4v) is 2.73. The van der Waals surface area contributed by atoms with Crippen LogP contribution < -0.4 is 5.32 Å². The molecule has 1 aliphatic heterocycles. The van der Waals surface area contributed by atoms with Crippen LogP contribution in [0.1, 0.15) is 40.5 Å². The van der Waals surface area contributed by atoms with Gasteiger partial charge in [0.25, 0.3) is 0 Å². The number of carbonyl (C=O) groups is 2. The zero-order valence-corrected chi connectivity index (χ0v) is 11.9. The second kappa shape index (κ2) is 4.10. The maximum absolute atomic E-state index is 12.2. The first-order valence-corrected chi connectivity index (χ1v) is 6.56. The molecule has 0 atom stereocenters. The van der Waals surface area contributed by atoms with Gasteiger partial charge in [-0.1, -0.05) is 0 Å². The number of urea groups is 1. The minimum Gasteiger partial charge on any atom is -0.480 e. The topological polar surface area (TPSA) is 78.9 Å². The van der Waals surface area contributed by atoms with Crippen molar-refractivity contribution in [2.45, 2.75) is 57.3 Å². The first kappa shape index (κ1) is 14.1. The van der Waals surface area contributed by atoms with E-state index in [0.717, 1.165) is 0 Å².